The van der Waals surface area contributed by atoms with Crippen molar-refractivity contribution < 1.29 is 65.9 Å². The van der Waals surface area contributed by atoms with Crippen LogP contribution in [0.3, 0.4) is 0 Å². The summed E-state index contributed by atoms with van der Waals surface area (Å²) in [6.45, 7) is 2.12. The highest BCUT2D eigenvalue weighted by Crippen LogP contribution is 2.62. The average Bonchev–Trinajstić information content (AvgIpc) is 2.80. The number of unbranched alkanes of at least 4 members (excludes halogenated alkanes) is 14. The third kappa shape index (κ3) is 8.97. The van der Waals surface area contributed by atoms with E-state index in [-0.39, 0.29) is 12.8 Å². The highest BCUT2D eigenvalue weighted by atomic mass is 19.4. The maximum Gasteiger partial charge on any atom is 0.460 e. The number of hydrogen-bond donors (Lipinski definition) is 0. The van der Waals surface area contributed by atoms with Gasteiger partial charge in [0.25, 0.3) is 0 Å². The third-order valence-electron chi connectivity index (χ3n) is 6.49. The van der Waals surface area contributed by atoms with Gasteiger partial charge in [-0.15, -0.1) is 0 Å². The summed E-state index contributed by atoms with van der Waals surface area (Å²) in [6.07, 6.45) is 0.999. The normalized spacial score (nSPS) is 14.8. The Morgan fingerprint density at radius 1 is 0.308 bits per heavy atom. The van der Waals surface area contributed by atoms with Gasteiger partial charge in [-0.25, -0.2) is 0 Å². The Hall–Kier alpha value is -1.05. The second-order valence-electron chi connectivity index (χ2n) is 9.77. The molecular weight excluding hydrogens is 573 g/mol. The van der Waals surface area contributed by atoms with Gasteiger partial charge in [-0.05, 0) is 6.42 Å². The standard InChI is InChI=1S/C24H35F15/c1-2-3-4-5-6-7-8-9-10-11-12-13-14-15-16-17-18(25,26)19(27,28)20(29,30)21(31,32)22(33,34)23(35,36)24(37,38)39/h2-17H2,1H3. The number of hydrogen-bond acceptors (Lipinski definition) is 0. The van der Waals surface area contributed by atoms with Gasteiger partial charge in [0.1, 0.15) is 0 Å². The van der Waals surface area contributed by atoms with Crippen LogP contribution in [0.4, 0.5) is 65.9 Å². The molecule has 0 saturated carbocycles. The van der Waals surface area contributed by atoms with Gasteiger partial charge in [0.2, 0.25) is 0 Å². The molecule has 0 radical (unpaired) electrons. The van der Waals surface area contributed by atoms with Crippen LogP contribution in [0.1, 0.15) is 110 Å². The van der Waals surface area contributed by atoms with Crippen molar-refractivity contribution in [3.8, 4) is 0 Å². The molecule has 0 atom stereocenters. The fourth-order valence-corrected chi connectivity index (χ4v) is 3.87. The summed E-state index contributed by atoms with van der Waals surface area (Å²) < 4.78 is 197. The molecule has 0 aromatic heterocycles. The molecular formula is C24H35F15. The van der Waals surface area contributed by atoms with Gasteiger partial charge < -0.3 is 0 Å². The summed E-state index contributed by atoms with van der Waals surface area (Å²) >= 11 is 0. The van der Waals surface area contributed by atoms with Crippen LogP contribution in [-0.2, 0) is 0 Å². The van der Waals surface area contributed by atoms with Crippen molar-refractivity contribution in [3.63, 3.8) is 0 Å². The third-order valence-corrected chi connectivity index (χ3v) is 6.49. The van der Waals surface area contributed by atoms with Gasteiger partial charge in [-0.3, -0.25) is 0 Å². The highest BCUT2D eigenvalue weighted by molar-refractivity contribution is 5.12. The highest BCUT2D eigenvalue weighted by Gasteiger charge is 2.93. The second kappa shape index (κ2) is 14.7. The second-order valence-corrected chi connectivity index (χ2v) is 9.77. The molecule has 0 aliphatic rings. The van der Waals surface area contributed by atoms with Gasteiger partial charge in [0.15, 0.2) is 0 Å². The number of alkyl halides is 15. The monoisotopic (exact) mass is 608 g/mol. The van der Waals surface area contributed by atoms with Crippen LogP contribution >= 0.6 is 0 Å². The van der Waals surface area contributed by atoms with Gasteiger partial charge in [0.05, 0.1) is 0 Å². The Balaban J connectivity index is 4.74. The molecule has 0 heterocycles. The van der Waals surface area contributed by atoms with E-state index in [1.807, 2.05) is 0 Å². The van der Waals surface area contributed by atoms with Crippen molar-refractivity contribution in [2.45, 2.75) is 151 Å². The SMILES string of the molecule is CCCCCCCCCCCCCCCCCC(F)(F)C(F)(F)C(F)(F)C(F)(F)C(F)(F)C(F)(F)C(F)(F)F. The number of halogens is 15. The first-order valence-corrected chi connectivity index (χ1v) is 12.9. The van der Waals surface area contributed by atoms with Gasteiger partial charge >= 0.3 is 41.7 Å². The fourth-order valence-electron chi connectivity index (χ4n) is 3.87. The van der Waals surface area contributed by atoms with Crippen LogP contribution in [0.25, 0.3) is 0 Å². The van der Waals surface area contributed by atoms with E-state index in [2.05, 4.69) is 6.92 Å². The first-order valence-electron chi connectivity index (χ1n) is 12.9. The van der Waals surface area contributed by atoms with Crippen molar-refractivity contribution in [3.05, 3.63) is 0 Å². The minimum Gasteiger partial charge on any atom is -0.200 e. The van der Waals surface area contributed by atoms with E-state index in [4.69, 9.17) is 0 Å². The molecule has 0 amide bonds. The molecule has 0 bridgehead atoms. The van der Waals surface area contributed by atoms with E-state index in [0.717, 1.165) is 44.9 Å². The van der Waals surface area contributed by atoms with E-state index in [9.17, 15) is 65.9 Å². The molecule has 39 heavy (non-hydrogen) atoms. The molecule has 0 N–H and O–H groups in total. The molecule has 236 valence electrons. The minimum atomic E-state index is -8.21. The maximum absolute atomic E-state index is 13.8. The van der Waals surface area contributed by atoms with Gasteiger partial charge in [-0.2, -0.15) is 65.9 Å². The van der Waals surface area contributed by atoms with Crippen molar-refractivity contribution in [1.82, 2.24) is 0 Å². The molecule has 0 aromatic carbocycles. The molecule has 0 fully saturated rings. The molecule has 15 heteroatoms. The smallest absolute Gasteiger partial charge is 0.200 e. The lowest BCUT2D eigenvalue weighted by atomic mass is 9.89. The maximum atomic E-state index is 13.8. The van der Waals surface area contributed by atoms with Crippen LogP contribution < -0.4 is 0 Å². The Bertz CT molecular complexity index is 684. The fraction of sp³-hybridized carbons (Fsp3) is 1.00. The van der Waals surface area contributed by atoms with E-state index < -0.39 is 54.6 Å². The molecule has 0 aliphatic carbocycles. The zero-order valence-corrected chi connectivity index (χ0v) is 21.5. The Labute approximate surface area is 218 Å². The molecule has 0 saturated heterocycles. The van der Waals surface area contributed by atoms with Crippen LogP contribution in [0.2, 0.25) is 0 Å². The Morgan fingerprint density at radius 3 is 0.872 bits per heavy atom. The largest absolute Gasteiger partial charge is 0.460 e. The van der Waals surface area contributed by atoms with Gasteiger partial charge in [-0.1, -0.05) is 96.8 Å². The molecule has 0 unspecified atom stereocenters. The zero-order chi connectivity index (χ0) is 30.8. The van der Waals surface area contributed by atoms with Crippen LogP contribution in [-0.4, -0.2) is 41.7 Å². The van der Waals surface area contributed by atoms with Crippen LogP contribution in [0, 0.1) is 0 Å². The van der Waals surface area contributed by atoms with E-state index in [1.165, 1.54) is 19.3 Å². The lowest BCUT2D eigenvalue weighted by Crippen LogP contribution is -2.72. The predicted octanol–water partition coefficient (Wildman–Crippen LogP) is 11.6. The summed E-state index contributed by atoms with van der Waals surface area (Å²) in [4.78, 5) is 0. The van der Waals surface area contributed by atoms with Crippen molar-refractivity contribution >= 4 is 0 Å². The van der Waals surface area contributed by atoms with Gasteiger partial charge in [0, 0.05) is 6.42 Å². The molecule has 0 nitrogen and oxygen atoms in total. The minimum absolute atomic E-state index is 0.168. The van der Waals surface area contributed by atoms with E-state index in [1.54, 1.807) is 0 Å². The topological polar surface area (TPSA) is 0 Å². The summed E-state index contributed by atoms with van der Waals surface area (Å²) in [5, 5.41) is 0. The lowest BCUT2D eigenvalue weighted by Gasteiger charge is -2.41. The average molecular weight is 609 g/mol. The Morgan fingerprint density at radius 2 is 0.564 bits per heavy atom. The summed E-state index contributed by atoms with van der Waals surface area (Å²) in [5.74, 6) is -45.8. The summed E-state index contributed by atoms with van der Waals surface area (Å²) in [5.41, 5.74) is 0. The molecule has 0 rings (SSSR count). The van der Waals surface area contributed by atoms with Crippen molar-refractivity contribution in [1.29, 1.82) is 0 Å². The lowest BCUT2D eigenvalue weighted by molar-refractivity contribution is -0.452. The van der Waals surface area contributed by atoms with Crippen LogP contribution in [0.5, 0.6) is 0 Å². The number of rotatable bonds is 21. The molecule has 0 aliphatic heterocycles. The first-order chi connectivity index (χ1) is 17.6. The summed E-state index contributed by atoms with van der Waals surface area (Å²) in [6, 6.07) is 0. The zero-order valence-electron chi connectivity index (χ0n) is 21.5. The summed E-state index contributed by atoms with van der Waals surface area (Å²) in [7, 11) is 0. The van der Waals surface area contributed by atoms with Crippen molar-refractivity contribution in [2.75, 3.05) is 0 Å². The molecule has 0 aromatic rings. The van der Waals surface area contributed by atoms with E-state index >= 15 is 0 Å². The van der Waals surface area contributed by atoms with E-state index in [0.29, 0.717) is 12.8 Å². The predicted molar refractivity (Wildman–Crippen MR) is 115 cm³/mol. The quantitative estimate of drug-likeness (QED) is 0.0899. The Kier molecular flexibility index (Phi) is 14.3. The van der Waals surface area contributed by atoms with Crippen molar-refractivity contribution in [2.24, 2.45) is 0 Å². The van der Waals surface area contributed by atoms with Crippen LogP contribution in [0.15, 0.2) is 0 Å². The first kappa shape index (κ1) is 38.0. The molecule has 0 spiro atoms.